The van der Waals surface area contributed by atoms with Crippen molar-refractivity contribution in [2.45, 2.75) is 32.2 Å². The summed E-state index contributed by atoms with van der Waals surface area (Å²) in [6.07, 6.45) is 3.40. The van der Waals surface area contributed by atoms with E-state index in [0.29, 0.717) is 11.8 Å². The molecular formula is C10H18N2O. The van der Waals surface area contributed by atoms with Gasteiger partial charge in [0.1, 0.15) is 0 Å². The van der Waals surface area contributed by atoms with Crippen LogP contribution >= 0.6 is 0 Å². The quantitative estimate of drug-likeness (QED) is 0.691. The number of hydrogen-bond donors (Lipinski definition) is 1. The maximum atomic E-state index is 11.4. The zero-order valence-corrected chi connectivity index (χ0v) is 8.25. The molecule has 2 aliphatic rings. The van der Waals surface area contributed by atoms with Crippen molar-refractivity contribution in [3.05, 3.63) is 0 Å². The summed E-state index contributed by atoms with van der Waals surface area (Å²) in [6, 6.07) is 0.759. The summed E-state index contributed by atoms with van der Waals surface area (Å²) in [5.41, 5.74) is 0. The molecule has 1 aliphatic carbocycles. The van der Waals surface area contributed by atoms with Crippen molar-refractivity contribution in [1.82, 2.24) is 10.2 Å². The molecule has 3 nitrogen and oxygen atoms in total. The van der Waals surface area contributed by atoms with Gasteiger partial charge in [-0.1, -0.05) is 6.92 Å². The minimum Gasteiger partial charge on any atom is -0.341 e. The van der Waals surface area contributed by atoms with Crippen molar-refractivity contribution in [3.8, 4) is 0 Å². The van der Waals surface area contributed by atoms with Gasteiger partial charge in [-0.25, -0.2) is 0 Å². The van der Waals surface area contributed by atoms with Crippen LogP contribution in [0, 0.1) is 5.92 Å². The molecule has 0 radical (unpaired) electrons. The van der Waals surface area contributed by atoms with Gasteiger partial charge in [-0.05, 0) is 18.8 Å². The van der Waals surface area contributed by atoms with Crippen LogP contribution in [0.5, 0.6) is 0 Å². The van der Waals surface area contributed by atoms with E-state index in [1.807, 2.05) is 4.90 Å². The van der Waals surface area contributed by atoms with E-state index in [1.165, 1.54) is 12.8 Å². The van der Waals surface area contributed by atoms with Crippen LogP contribution in [-0.2, 0) is 4.79 Å². The summed E-state index contributed by atoms with van der Waals surface area (Å²) in [6.45, 7) is 4.99. The Kier molecular flexibility index (Phi) is 2.54. The number of nitrogens with zero attached hydrogens (tertiary/aromatic N) is 1. The predicted molar refractivity (Wildman–Crippen MR) is 51.4 cm³/mol. The minimum atomic E-state index is 0.338. The summed E-state index contributed by atoms with van der Waals surface area (Å²) in [5, 5.41) is 3.42. The fourth-order valence-corrected chi connectivity index (χ4v) is 1.88. The molecule has 2 rings (SSSR count). The van der Waals surface area contributed by atoms with Gasteiger partial charge in [0.25, 0.3) is 0 Å². The highest BCUT2D eigenvalue weighted by Gasteiger charge is 2.26. The lowest BCUT2D eigenvalue weighted by atomic mass is 10.2. The van der Waals surface area contributed by atoms with Gasteiger partial charge < -0.3 is 10.2 Å². The lowest BCUT2D eigenvalue weighted by Gasteiger charge is -2.15. The van der Waals surface area contributed by atoms with Crippen molar-refractivity contribution in [2.75, 3.05) is 19.6 Å². The second kappa shape index (κ2) is 3.66. The van der Waals surface area contributed by atoms with Gasteiger partial charge in [0.05, 0.1) is 0 Å². The van der Waals surface area contributed by atoms with Gasteiger partial charge in [0.15, 0.2) is 0 Å². The second-order valence-corrected chi connectivity index (χ2v) is 4.38. The zero-order valence-electron chi connectivity index (χ0n) is 8.25. The number of rotatable bonds is 4. The number of likely N-dealkylation sites (tertiary alicyclic amines) is 1. The third kappa shape index (κ3) is 2.44. The molecule has 2 fully saturated rings. The first-order chi connectivity index (χ1) is 6.25. The third-order valence-corrected chi connectivity index (χ3v) is 2.80. The average Bonchev–Trinajstić information content (AvgIpc) is 2.81. The number of carbonyl (C=O) groups excluding carboxylic acids is 1. The van der Waals surface area contributed by atoms with Gasteiger partial charge in [-0.3, -0.25) is 4.79 Å². The lowest BCUT2D eigenvalue weighted by Crippen LogP contribution is -2.33. The first kappa shape index (κ1) is 9.00. The Morgan fingerprint density at radius 3 is 2.85 bits per heavy atom. The van der Waals surface area contributed by atoms with Crippen LogP contribution < -0.4 is 5.32 Å². The molecular weight excluding hydrogens is 164 g/mol. The van der Waals surface area contributed by atoms with Crippen LogP contribution in [0.25, 0.3) is 0 Å². The first-order valence-electron chi connectivity index (χ1n) is 5.27. The maximum Gasteiger partial charge on any atom is 0.222 e. The first-order valence-corrected chi connectivity index (χ1v) is 5.27. The van der Waals surface area contributed by atoms with Crippen LogP contribution in [0.2, 0.25) is 0 Å². The Labute approximate surface area is 79.5 Å². The fraction of sp³-hybridized carbons (Fsp3) is 0.900. The highest BCUT2D eigenvalue weighted by molar-refractivity contribution is 5.78. The minimum absolute atomic E-state index is 0.338. The molecule has 1 saturated carbocycles. The van der Waals surface area contributed by atoms with E-state index in [9.17, 15) is 4.79 Å². The molecule has 1 N–H and O–H groups in total. The molecule has 0 aromatic rings. The van der Waals surface area contributed by atoms with E-state index in [0.717, 1.165) is 32.1 Å². The van der Waals surface area contributed by atoms with Crippen molar-refractivity contribution in [2.24, 2.45) is 5.92 Å². The van der Waals surface area contributed by atoms with Crippen LogP contribution in [-0.4, -0.2) is 36.5 Å². The highest BCUT2D eigenvalue weighted by atomic mass is 16.2. The van der Waals surface area contributed by atoms with Gasteiger partial charge in [-0.2, -0.15) is 0 Å². The smallest absolute Gasteiger partial charge is 0.222 e. The van der Waals surface area contributed by atoms with E-state index in [2.05, 4.69) is 12.2 Å². The number of carbonyl (C=O) groups is 1. The predicted octanol–water partition coefficient (Wildman–Crippen LogP) is 0.607. The van der Waals surface area contributed by atoms with Gasteiger partial charge >= 0.3 is 0 Å². The van der Waals surface area contributed by atoms with Crippen molar-refractivity contribution in [1.29, 1.82) is 0 Å². The topological polar surface area (TPSA) is 32.3 Å². The molecule has 1 atom stereocenters. The lowest BCUT2D eigenvalue weighted by molar-refractivity contribution is -0.127. The largest absolute Gasteiger partial charge is 0.341 e. The Balaban J connectivity index is 1.65. The van der Waals surface area contributed by atoms with E-state index in [-0.39, 0.29) is 0 Å². The van der Waals surface area contributed by atoms with Gasteiger partial charge in [0, 0.05) is 32.1 Å². The summed E-state index contributed by atoms with van der Waals surface area (Å²) < 4.78 is 0. The second-order valence-electron chi connectivity index (χ2n) is 4.38. The zero-order chi connectivity index (χ0) is 9.26. The van der Waals surface area contributed by atoms with Gasteiger partial charge in [0.2, 0.25) is 5.91 Å². The summed E-state index contributed by atoms with van der Waals surface area (Å²) in [5.74, 6) is 0.901. The summed E-state index contributed by atoms with van der Waals surface area (Å²) >= 11 is 0. The molecule has 0 spiro atoms. The molecule has 1 amide bonds. The Bertz CT molecular complexity index is 201. The summed E-state index contributed by atoms with van der Waals surface area (Å²) in [7, 11) is 0. The molecule has 0 bridgehead atoms. The van der Waals surface area contributed by atoms with Crippen LogP contribution in [0.15, 0.2) is 0 Å². The molecule has 0 aromatic heterocycles. The van der Waals surface area contributed by atoms with Crippen molar-refractivity contribution >= 4 is 5.91 Å². The third-order valence-electron chi connectivity index (χ3n) is 2.80. The standard InChI is InChI=1S/C10H18N2O/c1-8-6-10(13)12(7-8)5-4-11-9-2-3-9/h8-9,11H,2-7H2,1H3. The Hall–Kier alpha value is -0.570. The Morgan fingerprint density at radius 1 is 1.54 bits per heavy atom. The monoisotopic (exact) mass is 182 g/mol. The van der Waals surface area contributed by atoms with Crippen molar-refractivity contribution in [3.63, 3.8) is 0 Å². The SMILES string of the molecule is CC1CC(=O)N(CCNC2CC2)C1. The average molecular weight is 182 g/mol. The number of hydrogen-bond acceptors (Lipinski definition) is 2. The Morgan fingerprint density at radius 2 is 2.31 bits per heavy atom. The molecule has 1 heterocycles. The fourth-order valence-electron chi connectivity index (χ4n) is 1.88. The van der Waals surface area contributed by atoms with Crippen LogP contribution in [0.1, 0.15) is 26.2 Å². The maximum absolute atomic E-state index is 11.4. The van der Waals surface area contributed by atoms with E-state index in [1.54, 1.807) is 0 Å². The van der Waals surface area contributed by atoms with E-state index >= 15 is 0 Å². The van der Waals surface area contributed by atoms with Gasteiger partial charge in [-0.15, -0.1) is 0 Å². The highest BCUT2D eigenvalue weighted by Crippen LogP contribution is 2.19. The molecule has 13 heavy (non-hydrogen) atoms. The molecule has 1 unspecified atom stereocenters. The molecule has 3 heteroatoms. The van der Waals surface area contributed by atoms with E-state index < -0.39 is 0 Å². The number of amides is 1. The number of nitrogens with one attached hydrogen (secondary N) is 1. The van der Waals surface area contributed by atoms with E-state index in [4.69, 9.17) is 0 Å². The molecule has 74 valence electrons. The molecule has 1 saturated heterocycles. The van der Waals surface area contributed by atoms with Crippen LogP contribution in [0.4, 0.5) is 0 Å². The normalized spacial score (nSPS) is 28.5. The molecule has 0 aromatic carbocycles. The van der Waals surface area contributed by atoms with Crippen molar-refractivity contribution < 1.29 is 4.79 Å². The molecule has 1 aliphatic heterocycles. The summed E-state index contributed by atoms with van der Waals surface area (Å²) in [4.78, 5) is 13.4. The van der Waals surface area contributed by atoms with Crippen LogP contribution in [0.3, 0.4) is 0 Å².